The summed E-state index contributed by atoms with van der Waals surface area (Å²) in [7, 11) is 3.48. The Kier molecular flexibility index (Phi) is 8.08. The maximum atomic E-state index is 12.2. The molecule has 0 fully saturated rings. The Bertz CT molecular complexity index is 485. The maximum Gasteiger partial charge on any atom is 0.444 e. The largest absolute Gasteiger partial charge is 0.444 e. The third kappa shape index (κ3) is 7.87. The molecule has 0 aromatic carbocycles. The van der Waals surface area contributed by atoms with E-state index >= 15 is 0 Å². The number of thioether (sulfide) groups is 1. The van der Waals surface area contributed by atoms with Gasteiger partial charge in [-0.25, -0.2) is 4.79 Å². The standard InChI is InChI=1S/C14H25N3O5S/c1-9(11(19)15-12(23-8)16(6)7)17(22-10(2)18)13(20)21-14(3,4)5/h9H,1-8H3/t9-/m0/s1. The third-order valence-corrected chi connectivity index (χ3v) is 3.10. The third-order valence-electron chi connectivity index (χ3n) is 2.28. The SMILES string of the molecule is CSC(=NC(=O)[C@H](C)N(OC(C)=O)C(=O)OC(C)(C)C)N(C)C. The minimum absolute atomic E-state index is 0.466. The molecule has 0 aromatic heterocycles. The molecule has 0 radical (unpaired) electrons. The van der Waals surface area contributed by atoms with Gasteiger partial charge < -0.3 is 14.5 Å². The first-order valence-corrected chi connectivity index (χ1v) is 8.16. The summed E-state index contributed by atoms with van der Waals surface area (Å²) in [5.74, 6) is -1.37. The van der Waals surface area contributed by atoms with Crippen LogP contribution in [-0.4, -0.2) is 65.1 Å². The smallest absolute Gasteiger partial charge is 0.442 e. The fourth-order valence-electron chi connectivity index (χ4n) is 1.34. The van der Waals surface area contributed by atoms with Crippen LogP contribution >= 0.6 is 11.8 Å². The van der Waals surface area contributed by atoms with Gasteiger partial charge in [0.1, 0.15) is 5.60 Å². The van der Waals surface area contributed by atoms with Crippen molar-refractivity contribution in [3.8, 4) is 0 Å². The number of ether oxygens (including phenoxy) is 1. The number of hydrogen-bond acceptors (Lipinski definition) is 6. The second-order valence-corrected chi connectivity index (χ2v) is 6.67. The molecule has 0 aliphatic rings. The van der Waals surface area contributed by atoms with Crippen LogP contribution in [0.25, 0.3) is 0 Å². The predicted octanol–water partition coefficient (Wildman–Crippen LogP) is 1.90. The van der Waals surface area contributed by atoms with Crippen molar-refractivity contribution < 1.29 is 24.0 Å². The zero-order valence-electron chi connectivity index (χ0n) is 14.9. The molecule has 0 saturated carbocycles. The first kappa shape index (κ1) is 21.2. The van der Waals surface area contributed by atoms with Crippen LogP contribution in [0.15, 0.2) is 4.99 Å². The van der Waals surface area contributed by atoms with Gasteiger partial charge in [0.15, 0.2) is 11.2 Å². The van der Waals surface area contributed by atoms with Gasteiger partial charge in [0.2, 0.25) is 0 Å². The zero-order valence-corrected chi connectivity index (χ0v) is 15.7. The fraction of sp³-hybridized carbons (Fsp3) is 0.714. The highest BCUT2D eigenvalue weighted by Crippen LogP contribution is 2.14. The monoisotopic (exact) mass is 347 g/mol. The van der Waals surface area contributed by atoms with Gasteiger partial charge in [-0.05, 0) is 34.0 Å². The first-order chi connectivity index (χ1) is 10.4. The average Bonchev–Trinajstić information content (AvgIpc) is 2.38. The second-order valence-electron chi connectivity index (χ2n) is 5.90. The summed E-state index contributed by atoms with van der Waals surface area (Å²) >= 11 is 1.28. The van der Waals surface area contributed by atoms with Gasteiger partial charge in [-0.3, -0.25) is 9.59 Å². The normalized spacial score (nSPS) is 13.1. The second kappa shape index (κ2) is 8.76. The molecular weight excluding hydrogens is 322 g/mol. The topological polar surface area (TPSA) is 88.5 Å². The fourth-order valence-corrected chi connectivity index (χ4v) is 1.88. The van der Waals surface area contributed by atoms with E-state index in [-0.39, 0.29) is 0 Å². The van der Waals surface area contributed by atoms with Gasteiger partial charge in [0, 0.05) is 21.0 Å². The van der Waals surface area contributed by atoms with Crippen molar-refractivity contribution in [2.45, 2.75) is 46.3 Å². The van der Waals surface area contributed by atoms with E-state index in [2.05, 4.69) is 4.99 Å². The Morgan fingerprint density at radius 2 is 1.70 bits per heavy atom. The number of hydroxylamine groups is 2. The minimum Gasteiger partial charge on any atom is -0.442 e. The Hall–Kier alpha value is -1.77. The van der Waals surface area contributed by atoms with Crippen LogP contribution in [0.5, 0.6) is 0 Å². The highest BCUT2D eigenvalue weighted by molar-refractivity contribution is 8.13. The molecule has 9 heteroatoms. The first-order valence-electron chi connectivity index (χ1n) is 6.93. The molecule has 0 heterocycles. The van der Waals surface area contributed by atoms with E-state index in [1.54, 1.807) is 46.0 Å². The molecule has 0 unspecified atom stereocenters. The van der Waals surface area contributed by atoms with Crippen LogP contribution in [0.4, 0.5) is 4.79 Å². The summed E-state index contributed by atoms with van der Waals surface area (Å²) in [6, 6.07) is -1.11. The lowest BCUT2D eigenvalue weighted by Crippen LogP contribution is -2.46. The number of hydrogen-bond donors (Lipinski definition) is 0. The lowest BCUT2D eigenvalue weighted by Gasteiger charge is -2.28. The van der Waals surface area contributed by atoms with Crippen LogP contribution in [-0.2, 0) is 19.2 Å². The summed E-state index contributed by atoms with van der Waals surface area (Å²) in [5, 5.41) is 1.07. The van der Waals surface area contributed by atoms with E-state index in [0.717, 1.165) is 6.92 Å². The minimum atomic E-state index is -1.11. The van der Waals surface area contributed by atoms with Crippen LogP contribution in [0.3, 0.4) is 0 Å². The molecular formula is C14H25N3O5S. The molecule has 0 aliphatic heterocycles. The van der Waals surface area contributed by atoms with Gasteiger partial charge in [0.05, 0.1) is 0 Å². The van der Waals surface area contributed by atoms with E-state index < -0.39 is 29.6 Å². The molecule has 0 bridgehead atoms. The van der Waals surface area contributed by atoms with Crippen molar-refractivity contribution in [2.75, 3.05) is 20.4 Å². The van der Waals surface area contributed by atoms with Crippen molar-refractivity contribution in [2.24, 2.45) is 4.99 Å². The van der Waals surface area contributed by atoms with Gasteiger partial charge in [-0.1, -0.05) is 11.8 Å². The van der Waals surface area contributed by atoms with Crippen LogP contribution < -0.4 is 0 Å². The van der Waals surface area contributed by atoms with E-state index in [1.807, 2.05) is 0 Å². The van der Waals surface area contributed by atoms with E-state index in [1.165, 1.54) is 18.7 Å². The van der Waals surface area contributed by atoms with Gasteiger partial charge in [-0.15, -0.1) is 5.06 Å². The summed E-state index contributed by atoms with van der Waals surface area (Å²) in [6.07, 6.45) is 0.841. The molecule has 2 amide bonds. The number of rotatable bonds is 2. The number of amides is 2. The number of aliphatic imine (C=N–C) groups is 1. The summed E-state index contributed by atoms with van der Waals surface area (Å²) in [6.45, 7) is 7.54. The number of amidine groups is 1. The molecule has 132 valence electrons. The molecule has 0 rings (SSSR count). The van der Waals surface area contributed by atoms with Gasteiger partial charge in [-0.2, -0.15) is 4.99 Å². The van der Waals surface area contributed by atoms with Crippen molar-refractivity contribution in [1.82, 2.24) is 9.96 Å². The lowest BCUT2D eigenvalue weighted by molar-refractivity contribution is -0.190. The van der Waals surface area contributed by atoms with Crippen LogP contribution in [0, 0.1) is 0 Å². The molecule has 0 aliphatic carbocycles. The van der Waals surface area contributed by atoms with E-state index in [0.29, 0.717) is 10.2 Å². The van der Waals surface area contributed by atoms with E-state index in [9.17, 15) is 14.4 Å². The Balaban J connectivity index is 5.36. The summed E-state index contributed by atoms with van der Waals surface area (Å²) < 4.78 is 5.14. The molecule has 8 nitrogen and oxygen atoms in total. The predicted molar refractivity (Wildman–Crippen MR) is 88.9 cm³/mol. The van der Waals surface area contributed by atoms with E-state index in [4.69, 9.17) is 9.57 Å². The highest BCUT2D eigenvalue weighted by atomic mass is 32.2. The molecule has 0 N–H and O–H groups in total. The molecule has 1 atom stereocenters. The molecule has 0 spiro atoms. The number of nitrogens with zero attached hydrogens (tertiary/aromatic N) is 3. The van der Waals surface area contributed by atoms with Gasteiger partial charge in [0.25, 0.3) is 5.91 Å². The average molecular weight is 347 g/mol. The van der Waals surface area contributed by atoms with Crippen molar-refractivity contribution >= 4 is 34.9 Å². The number of carbonyl (C=O) groups excluding carboxylic acids is 3. The van der Waals surface area contributed by atoms with Crippen molar-refractivity contribution in [1.29, 1.82) is 0 Å². The Morgan fingerprint density at radius 1 is 1.17 bits per heavy atom. The van der Waals surface area contributed by atoms with Crippen LogP contribution in [0.1, 0.15) is 34.6 Å². The zero-order chi connectivity index (χ0) is 18.4. The maximum absolute atomic E-state index is 12.2. The molecule has 23 heavy (non-hydrogen) atoms. The summed E-state index contributed by atoms with van der Waals surface area (Å²) in [4.78, 5) is 46.0. The Labute approximate surface area is 141 Å². The molecule has 0 saturated heterocycles. The van der Waals surface area contributed by atoms with Crippen molar-refractivity contribution in [3.05, 3.63) is 0 Å². The van der Waals surface area contributed by atoms with Crippen LogP contribution in [0.2, 0.25) is 0 Å². The Morgan fingerprint density at radius 3 is 2.04 bits per heavy atom. The highest BCUT2D eigenvalue weighted by Gasteiger charge is 2.33. The quantitative estimate of drug-likeness (QED) is 0.428. The van der Waals surface area contributed by atoms with Crippen molar-refractivity contribution in [3.63, 3.8) is 0 Å². The van der Waals surface area contributed by atoms with Gasteiger partial charge >= 0.3 is 12.1 Å². The summed E-state index contributed by atoms with van der Waals surface area (Å²) in [5.41, 5.74) is -0.796. The molecule has 0 aromatic rings. The lowest BCUT2D eigenvalue weighted by atomic mass is 10.2. The number of carbonyl (C=O) groups is 3.